The van der Waals surface area contributed by atoms with E-state index in [1.165, 1.54) is 24.0 Å². The van der Waals surface area contributed by atoms with E-state index in [1.807, 2.05) is 0 Å². The molecule has 0 bridgehead atoms. The molecule has 0 saturated carbocycles. The zero-order chi connectivity index (χ0) is 13.2. The van der Waals surface area contributed by atoms with Crippen molar-refractivity contribution < 1.29 is 9.47 Å². The Kier molecular flexibility index (Phi) is 3.76. The van der Waals surface area contributed by atoms with Crippen LogP contribution in [-0.4, -0.2) is 25.4 Å². The normalized spacial score (nSPS) is 24.8. The van der Waals surface area contributed by atoms with Crippen LogP contribution in [-0.2, 0) is 11.2 Å². The molecule has 2 heterocycles. The van der Waals surface area contributed by atoms with E-state index in [2.05, 4.69) is 37.4 Å². The molecule has 1 aromatic rings. The number of ether oxygens (including phenoxy) is 2. The maximum absolute atomic E-state index is 5.74. The third kappa shape index (κ3) is 2.77. The first-order valence-corrected chi connectivity index (χ1v) is 7.37. The van der Waals surface area contributed by atoms with Gasteiger partial charge in [0.25, 0.3) is 0 Å². The highest BCUT2D eigenvalue weighted by Crippen LogP contribution is 2.28. The van der Waals surface area contributed by atoms with Gasteiger partial charge in [-0.3, -0.25) is 0 Å². The van der Waals surface area contributed by atoms with Crippen LogP contribution < -0.4 is 10.1 Å². The summed E-state index contributed by atoms with van der Waals surface area (Å²) in [5.74, 6) is 1.06. The number of benzene rings is 1. The quantitative estimate of drug-likeness (QED) is 0.904. The SMILES string of the molecule is CC(NC(C)C1CCCO1)c1ccc2c(c1)CCO2. The molecule has 1 saturated heterocycles. The number of hydrogen-bond acceptors (Lipinski definition) is 3. The average Bonchev–Trinajstić information content (AvgIpc) is 3.09. The summed E-state index contributed by atoms with van der Waals surface area (Å²) < 4.78 is 11.3. The van der Waals surface area contributed by atoms with Crippen molar-refractivity contribution in [1.82, 2.24) is 5.32 Å². The van der Waals surface area contributed by atoms with Crippen LogP contribution in [0.15, 0.2) is 18.2 Å². The van der Waals surface area contributed by atoms with Gasteiger partial charge in [-0.15, -0.1) is 0 Å². The third-order valence-corrected chi connectivity index (χ3v) is 4.25. The lowest BCUT2D eigenvalue weighted by atomic mass is 10.0. The molecule has 3 unspecified atom stereocenters. The first-order chi connectivity index (χ1) is 9.24. The van der Waals surface area contributed by atoms with Crippen LogP contribution in [0.3, 0.4) is 0 Å². The maximum atomic E-state index is 5.74. The molecule has 1 aromatic carbocycles. The number of fused-ring (bicyclic) bond motifs is 1. The minimum Gasteiger partial charge on any atom is -0.493 e. The third-order valence-electron chi connectivity index (χ3n) is 4.25. The van der Waals surface area contributed by atoms with E-state index in [9.17, 15) is 0 Å². The van der Waals surface area contributed by atoms with Gasteiger partial charge in [0, 0.05) is 25.1 Å². The Bertz CT molecular complexity index is 440. The molecule has 1 N–H and O–H groups in total. The molecule has 3 heteroatoms. The fourth-order valence-electron chi connectivity index (χ4n) is 3.07. The number of rotatable bonds is 4. The van der Waals surface area contributed by atoms with Crippen molar-refractivity contribution in [1.29, 1.82) is 0 Å². The van der Waals surface area contributed by atoms with E-state index in [0.717, 1.165) is 25.4 Å². The van der Waals surface area contributed by atoms with Gasteiger partial charge in [0.05, 0.1) is 12.7 Å². The Morgan fingerprint density at radius 3 is 2.95 bits per heavy atom. The molecule has 3 atom stereocenters. The predicted molar refractivity (Wildman–Crippen MR) is 75.6 cm³/mol. The first-order valence-electron chi connectivity index (χ1n) is 7.37. The van der Waals surface area contributed by atoms with Crippen molar-refractivity contribution in [2.45, 2.75) is 51.3 Å². The smallest absolute Gasteiger partial charge is 0.122 e. The Morgan fingerprint density at radius 2 is 2.16 bits per heavy atom. The lowest BCUT2D eigenvalue weighted by Gasteiger charge is -2.25. The van der Waals surface area contributed by atoms with E-state index < -0.39 is 0 Å². The van der Waals surface area contributed by atoms with Gasteiger partial charge in [0.2, 0.25) is 0 Å². The Hall–Kier alpha value is -1.06. The highest BCUT2D eigenvalue weighted by atomic mass is 16.5. The summed E-state index contributed by atoms with van der Waals surface area (Å²) >= 11 is 0. The zero-order valence-electron chi connectivity index (χ0n) is 11.8. The second-order valence-corrected chi connectivity index (χ2v) is 5.69. The molecule has 0 aromatic heterocycles. The van der Waals surface area contributed by atoms with E-state index >= 15 is 0 Å². The van der Waals surface area contributed by atoms with Crippen LogP contribution in [0.25, 0.3) is 0 Å². The molecule has 0 amide bonds. The molecular formula is C16H23NO2. The number of hydrogen-bond donors (Lipinski definition) is 1. The van der Waals surface area contributed by atoms with Crippen LogP contribution >= 0.6 is 0 Å². The maximum Gasteiger partial charge on any atom is 0.122 e. The highest BCUT2D eigenvalue weighted by molar-refractivity contribution is 5.40. The van der Waals surface area contributed by atoms with Gasteiger partial charge in [0.15, 0.2) is 0 Å². The summed E-state index contributed by atoms with van der Waals surface area (Å²) in [6.45, 7) is 6.19. The van der Waals surface area contributed by atoms with Gasteiger partial charge >= 0.3 is 0 Å². The summed E-state index contributed by atoms with van der Waals surface area (Å²) in [5.41, 5.74) is 2.69. The molecule has 0 aliphatic carbocycles. The molecule has 2 aliphatic heterocycles. The lowest BCUT2D eigenvalue weighted by molar-refractivity contribution is 0.0804. The summed E-state index contributed by atoms with van der Waals surface area (Å²) in [6, 6.07) is 7.31. The summed E-state index contributed by atoms with van der Waals surface area (Å²) in [7, 11) is 0. The Balaban J connectivity index is 1.64. The molecule has 1 fully saturated rings. The van der Waals surface area contributed by atoms with Gasteiger partial charge in [0.1, 0.15) is 5.75 Å². The van der Waals surface area contributed by atoms with Crippen molar-refractivity contribution in [2.75, 3.05) is 13.2 Å². The molecule has 0 radical (unpaired) electrons. The predicted octanol–water partition coefficient (Wildman–Crippen LogP) is 2.84. The summed E-state index contributed by atoms with van der Waals surface area (Å²) in [5, 5.41) is 3.66. The second kappa shape index (κ2) is 5.51. The molecule has 104 valence electrons. The largest absolute Gasteiger partial charge is 0.493 e. The van der Waals surface area contributed by atoms with Gasteiger partial charge in [-0.2, -0.15) is 0 Å². The van der Waals surface area contributed by atoms with Crippen LogP contribution in [0.5, 0.6) is 5.75 Å². The van der Waals surface area contributed by atoms with Gasteiger partial charge < -0.3 is 14.8 Å². The summed E-state index contributed by atoms with van der Waals surface area (Å²) in [6.07, 6.45) is 3.79. The fourth-order valence-corrected chi connectivity index (χ4v) is 3.07. The lowest BCUT2D eigenvalue weighted by Crippen LogP contribution is -2.38. The van der Waals surface area contributed by atoms with Gasteiger partial charge in [-0.1, -0.05) is 12.1 Å². The Labute approximate surface area is 115 Å². The van der Waals surface area contributed by atoms with Crippen LogP contribution in [0.4, 0.5) is 0 Å². The number of nitrogens with one attached hydrogen (secondary N) is 1. The monoisotopic (exact) mass is 261 g/mol. The molecular weight excluding hydrogens is 238 g/mol. The fraction of sp³-hybridized carbons (Fsp3) is 0.625. The van der Waals surface area contributed by atoms with E-state index in [1.54, 1.807) is 0 Å². The van der Waals surface area contributed by atoms with Crippen LogP contribution in [0.1, 0.15) is 43.9 Å². The van der Waals surface area contributed by atoms with Crippen molar-refractivity contribution in [3.63, 3.8) is 0 Å². The van der Waals surface area contributed by atoms with E-state index in [0.29, 0.717) is 18.2 Å². The van der Waals surface area contributed by atoms with E-state index in [-0.39, 0.29) is 0 Å². The van der Waals surface area contributed by atoms with Gasteiger partial charge in [-0.05, 0) is 43.9 Å². The summed E-state index contributed by atoms with van der Waals surface area (Å²) in [4.78, 5) is 0. The minimum atomic E-state index is 0.352. The first kappa shape index (κ1) is 12.9. The van der Waals surface area contributed by atoms with Crippen molar-refractivity contribution in [2.24, 2.45) is 0 Å². The molecule has 19 heavy (non-hydrogen) atoms. The topological polar surface area (TPSA) is 30.5 Å². The molecule has 3 rings (SSSR count). The highest BCUT2D eigenvalue weighted by Gasteiger charge is 2.24. The van der Waals surface area contributed by atoms with Crippen LogP contribution in [0.2, 0.25) is 0 Å². The minimum absolute atomic E-state index is 0.352. The second-order valence-electron chi connectivity index (χ2n) is 5.69. The molecule has 2 aliphatic rings. The zero-order valence-corrected chi connectivity index (χ0v) is 11.8. The van der Waals surface area contributed by atoms with Gasteiger partial charge in [-0.25, -0.2) is 0 Å². The van der Waals surface area contributed by atoms with E-state index in [4.69, 9.17) is 9.47 Å². The van der Waals surface area contributed by atoms with Crippen LogP contribution in [0, 0.1) is 0 Å². The van der Waals surface area contributed by atoms with Crippen molar-refractivity contribution in [3.8, 4) is 5.75 Å². The average molecular weight is 261 g/mol. The van der Waals surface area contributed by atoms with Crippen molar-refractivity contribution >= 4 is 0 Å². The molecule has 0 spiro atoms. The molecule has 3 nitrogen and oxygen atoms in total. The van der Waals surface area contributed by atoms with Crippen molar-refractivity contribution in [3.05, 3.63) is 29.3 Å². The standard InChI is InChI=1S/C16H23NO2/c1-11(17-12(2)15-4-3-8-18-15)13-5-6-16-14(10-13)7-9-19-16/h5-6,10-12,15,17H,3-4,7-9H2,1-2H3. The Morgan fingerprint density at radius 1 is 1.26 bits per heavy atom.